The third-order valence-electron chi connectivity index (χ3n) is 4.55. The third kappa shape index (κ3) is 1.09. The van der Waals surface area contributed by atoms with Crippen LogP contribution in [0.2, 0.25) is 0 Å². The van der Waals surface area contributed by atoms with Gasteiger partial charge < -0.3 is 0 Å². The molecule has 3 heteroatoms. The lowest BCUT2D eigenvalue weighted by molar-refractivity contribution is -0.478. The van der Waals surface area contributed by atoms with Crippen molar-refractivity contribution < 1.29 is 14.8 Å². The van der Waals surface area contributed by atoms with Gasteiger partial charge in [0.05, 0.1) is 0 Å². The normalized spacial score (nSPS) is 41.1. The average Bonchev–Trinajstić information content (AvgIpc) is 2.81. The Bertz CT molecular complexity index is 191. The molecule has 1 atom stereocenters. The van der Waals surface area contributed by atoms with Crippen LogP contribution < -0.4 is 0 Å². The summed E-state index contributed by atoms with van der Waals surface area (Å²) in [6.45, 7) is 0.646. The zero-order valence-corrected chi connectivity index (χ0v) is 8.59. The summed E-state index contributed by atoms with van der Waals surface area (Å²) in [5.74, 6) is 0. The highest BCUT2D eigenvalue weighted by molar-refractivity contribution is 5.04. The summed E-state index contributed by atoms with van der Waals surface area (Å²) in [6, 6.07) is 0. The quantitative estimate of drug-likeness (QED) is 0.560. The van der Waals surface area contributed by atoms with Crippen LogP contribution in [0, 0.1) is 5.41 Å². The Morgan fingerprint density at radius 1 is 0.786 bits per heavy atom. The van der Waals surface area contributed by atoms with E-state index >= 15 is 0 Å². The second-order valence-electron chi connectivity index (χ2n) is 5.10. The summed E-state index contributed by atoms with van der Waals surface area (Å²) in [5.41, 5.74) is 0.281. The second kappa shape index (κ2) is 3.19. The Labute approximate surface area is 84.6 Å². The van der Waals surface area contributed by atoms with Gasteiger partial charge in [-0.15, -0.1) is 0 Å². The van der Waals surface area contributed by atoms with Crippen LogP contribution >= 0.6 is 0 Å². The fraction of sp³-hybridized carbons (Fsp3) is 1.00. The summed E-state index contributed by atoms with van der Waals surface area (Å²) in [7, 11) is 0. The van der Waals surface area contributed by atoms with Crippen LogP contribution in [0.4, 0.5) is 0 Å². The van der Waals surface area contributed by atoms with Gasteiger partial charge in [-0.3, -0.25) is 0 Å². The first-order chi connectivity index (χ1) is 6.87. The molecule has 2 saturated carbocycles. The lowest BCUT2D eigenvalue weighted by Gasteiger charge is -2.46. The van der Waals surface area contributed by atoms with Crippen LogP contribution in [-0.2, 0) is 14.8 Å². The maximum absolute atomic E-state index is 5.50. The Morgan fingerprint density at radius 2 is 1.43 bits per heavy atom. The van der Waals surface area contributed by atoms with E-state index in [0.29, 0.717) is 12.0 Å². The molecule has 1 heterocycles. The maximum atomic E-state index is 5.50. The molecule has 3 aliphatic rings. The molecule has 0 aromatic rings. The molecule has 0 aromatic heterocycles. The van der Waals surface area contributed by atoms with Crippen molar-refractivity contribution in [3.8, 4) is 0 Å². The molecule has 0 aromatic carbocycles. The molecule has 3 nitrogen and oxygen atoms in total. The fourth-order valence-electron chi connectivity index (χ4n) is 3.71. The molecule has 1 unspecified atom stereocenters. The van der Waals surface area contributed by atoms with Gasteiger partial charge in [0.15, 0.2) is 0 Å². The van der Waals surface area contributed by atoms with Crippen LogP contribution in [-0.4, -0.2) is 12.2 Å². The van der Waals surface area contributed by atoms with Crippen LogP contribution in [0.5, 0.6) is 0 Å². The van der Waals surface area contributed by atoms with E-state index in [1.54, 1.807) is 0 Å². The Kier molecular flexibility index (Phi) is 2.08. The van der Waals surface area contributed by atoms with Gasteiger partial charge >= 0.3 is 0 Å². The monoisotopic (exact) mass is 198 g/mol. The highest BCUT2D eigenvalue weighted by Crippen LogP contribution is 2.57. The van der Waals surface area contributed by atoms with Crippen molar-refractivity contribution in [2.24, 2.45) is 5.41 Å². The predicted molar refractivity (Wildman–Crippen MR) is 50.2 cm³/mol. The third-order valence-corrected chi connectivity index (χ3v) is 4.55. The minimum Gasteiger partial charge on any atom is -0.203 e. The molecule has 1 aliphatic heterocycles. The number of hydrogen-bond acceptors (Lipinski definition) is 3. The topological polar surface area (TPSA) is 27.7 Å². The van der Waals surface area contributed by atoms with Crippen LogP contribution in [0.1, 0.15) is 51.4 Å². The van der Waals surface area contributed by atoms with E-state index in [1.165, 1.54) is 44.9 Å². The molecule has 0 bridgehead atoms. The van der Waals surface area contributed by atoms with E-state index in [1.807, 2.05) is 0 Å². The number of rotatable bonds is 0. The number of fused-ring (bicyclic) bond motifs is 1. The molecule has 1 saturated heterocycles. The molecule has 2 spiro atoms. The SMILES string of the molecule is C1CCC2(C1)CCCCC21COOO1. The van der Waals surface area contributed by atoms with Gasteiger partial charge in [0.1, 0.15) is 12.2 Å². The zero-order valence-electron chi connectivity index (χ0n) is 8.59. The molecule has 80 valence electrons. The number of hydrogen-bond donors (Lipinski definition) is 0. The van der Waals surface area contributed by atoms with Gasteiger partial charge in [-0.1, -0.05) is 30.7 Å². The Balaban J connectivity index is 1.91. The first-order valence-corrected chi connectivity index (χ1v) is 5.84. The summed E-state index contributed by atoms with van der Waals surface area (Å²) >= 11 is 0. The van der Waals surface area contributed by atoms with Crippen molar-refractivity contribution in [2.45, 2.75) is 57.0 Å². The molecule has 3 rings (SSSR count). The van der Waals surface area contributed by atoms with E-state index in [9.17, 15) is 0 Å². The fourth-order valence-corrected chi connectivity index (χ4v) is 3.71. The van der Waals surface area contributed by atoms with Crippen LogP contribution in [0.3, 0.4) is 0 Å². The standard InChI is InChI=1S/C11H18O3/c1-2-6-10(5-1)7-3-4-8-11(10)9-12-14-13-11/h1-9H2. The Morgan fingerprint density at radius 3 is 2.00 bits per heavy atom. The first kappa shape index (κ1) is 9.13. The van der Waals surface area contributed by atoms with Crippen molar-refractivity contribution in [3.05, 3.63) is 0 Å². The minimum absolute atomic E-state index is 0.0955. The summed E-state index contributed by atoms with van der Waals surface area (Å²) in [6.07, 6.45) is 10.3. The van der Waals surface area contributed by atoms with E-state index in [0.717, 1.165) is 6.42 Å². The zero-order chi connectivity index (χ0) is 9.49. The van der Waals surface area contributed by atoms with Crippen molar-refractivity contribution in [1.29, 1.82) is 0 Å². The second-order valence-corrected chi connectivity index (χ2v) is 5.10. The summed E-state index contributed by atoms with van der Waals surface area (Å²) in [4.78, 5) is 10.5. The smallest absolute Gasteiger partial charge is 0.139 e. The molecule has 2 aliphatic carbocycles. The van der Waals surface area contributed by atoms with E-state index in [-0.39, 0.29) is 5.60 Å². The minimum atomic E-state index is -0.0955. The molecule has 0 N–H and O–H groups in total. The summed E-state index contributed by atoms with van der Waals surface area (Å²) < 4.78 is 0. The van der Waals surface area contributed by atoms with Gasteiger partial charge in [0.25, 0.3) is 0 Å². The van der Waals surface area contributed by atoms with Gasteiger partial charge in [0, 0.05) is 5.41 Å². The Hall–Kier alpha value is -0.120. The van der Waals surface area contributed by atoms with Gasteiger partial charge in [0.2, 0.25) is 0 Å². The van der Waals surface area contributed by atoms with Crippen LogP contribution in [0.15, 0.2) is 0 Å². The van der Waals surface area contributed by atoms with E-state index in [4.69, 9.17) is 14.8 Å². The molecule has 3 fully saturated rings. The molecular weight excluding hydrogens is 180 g/mol. The average molecular weight is 198 g/mol. The van der Waals surface area contributed by atoms with Crippen LogP contribution in [0.25, 0.3) is 0 Å². The highest BCUT2D eigenvalue weighted by Gasteiger charge is 2.58. The molecular formula is C11H18O3. The molecule has 0 amide bonds. The predicted octanol–water partition coefficient (Wildman–Crippen LogP) is 2.75. The van der Waals surface area contributed by atoms with Gasteiger partial charge in [-0.05, 0) is 25.7 Å². The first-order valence-electron chi connectivity index (χ1n) is 5.84. The van der Waals surface area contributed by atoms with E-state index in [2.05, 4.69) is 0 Å². The maximum Gasteiger partial charge on any atom is 0.139 e. The molecule has 0 radical (unpaired) electrons. The highest BCUT2D eigenvalue weighted by atomic mass is 17.5. The van der Waals surface area contributed by atoms with Crippen molar-refractivity contribution >= 4 is 0 Å². The van der Waals surface area contributed by atoms with Crippen molar-refractivity contribution in [1.82, 2.24) is 0 Å². The van der Waals surface area contributed by atoms with Gasteiger partial charge in [-0.25, -0.2) is 4.89 Å². The lowest BCUT2D eigenvalue weighted by Crippen LogP contribution is -2.51. The summed E-state index contributed by atoms with van der Waals surface area (Å²) in [5, 5.41) is 4.72. The largest absolute Gasteiger partial charge is 0.203 e. The van der Waals surface area contributed by atoms with Crippen molar-refractivity contribution in [2.75, 3.05) is 6.61 Å². The van der Waals surface area contributed by atoms with Crippen molar-refractivity contribution in [3.63, 3.8) is 0 Å². The van der Waals surface area contributed by atoms with E-state index < -0.39 is 0 Å². The molecule has 14 heavy (non-hydrogen) atoms. The lowest BCUT2D eigenvalue weighted by atomic mass is 9.62. The van der Waals surface area contributed by atoms with Gasteiger partial charge in [-0.2, -0.15) is 4.89 Å².